The molecule has 0 fully saturated rings. The number of benzene rings is 8. The number of furan rings is 2. The van der Waals surface area contributed by atoms with Crippen molar-refractivity contribution in [1.82, 2.24) is 0 Å². The monoisotopic (exact) mass is 702 g/mol. The highest BCUT2D eigenvalue weighted by Crippen LogP contribution is 2.57. The predicted octanol–water partition coefficient (Wildman–Crippen LogP) is 14.5. The Labute approximate surface area is 306 Å². The summed E-state index contributed by atoms with van der Waals surface area (Å²) in [6.45, 7) is 0. The average molecular weight is 703 g/mol. The highest BCUT2D eigenvalue weighted by Gasteiger charge is 2.30. The second-order valence-corrected chi connectivity index (χ2v) is 15.5. The first-order valence-electron chi connectivity index (χ1n) is 17.3. The normalized spacial score (nSPS) is 13.5. The molecule has 244 valence electrons. The van der Waals surface area contributed by atoms with Crippen LogP contribution in [0.15, 0.2) is 186 Å². The number of nitrogens with zero attached hydrogens (tertiary/aromatic N) is 2. The molecular formula is C46H26N2O2S2. The molecule has 0 aliphatic carbocycles. The molecule has 0 amide bonds. The van der Waals surface area contributed by atoms with E-state index in [2.05, 4.69) is 155 Å². The van der Waals surface area contributed by atoms with E-state index in [4.69, 9.17) is 8.83 Å². The maximum atomic E-state index is 6.44. The SMILES string of the molecule is c1ccc2c(c1)Sc1cc3c(cc1N2c1cccc2c(N4c5ccccc5Sc5cc6c(cc54)oc4ccccc46)cccc12)oc1ccccc13. The number of para-hydroxylation sites is 4. The third-order valence-electron chi connectivity index (χ3n) is 10.4. The van der Waals surface area contributed by atoms with Crippen molar-refractivity contribution in [3.8, 4) is 0 Å². The fraction of sp³-hybridized carbons (Fsp3) is 0. The maximum absolute atomic E-state index is 6.44. The first-order chi connectivity index (χ1) is 25.8. The second kappa shape index (κ2) is 10.7. The van der Waals surface area contributed by atoms with Gasteiger partial charge in [-0.3, -0.25) is 0 Å². The second-order valence-electron chi connectivity index (χ2n) is 13.3. The Kier molecular flexibility index (Phi) is 5.89. The van der Waals surface area contributed by atoms with Gasteiger partial charge >= 0.3 is 0 Å². The Morgan fingerprint density at radius 1 is 0.288 bits per heavy atom. The van der Waals surface area contributed by atoms with Crippen LogP contribution < -0.4 is 9.80 Å². The van der Waals surface area contributed by atoms with Crippen molar-refractivity contribution in [2.24, 2.45) is 0 Å². The van der Waals surface area contributed by atoms with Gasteiger partial charge in [0.2, 0.25) is 0 Å². The smallest absolute Gasteiger partial charge is 0.137 e. The summed E-state index contributed by atoms with van der Waals surface area (Å²) in [5, 5.41) is 6.89. The molecule has 8 aromatic carbocycles. The summed E-state index contributed by atoms with van der Waals surface area (Å²) in [4.78, 5) is 9.70. The van der Waals surface area contributed by atoms with Crippen LogP contribution >= 0.6 is 23.5 Å². The predicted molar refractivity (Wildman–Crippen MR) is 216 cm³/mol. The van der Waals surface area contributed by atoms with E-state index in [-0.39, 0.29) is 0 Å². The Morgan fingerprint density at radius 2 is 0.692 bits per heavy atom. The zero-order valence-corrected chi connectivity index (χ0v) is 29.2. The van der Waals surface area contributed by atoms with E-state index in [1.165, 1.54) is 30.4 Å². The molecule has 52 heavy (non-hydrogen) atoms. The zero-order valence-electron chi connectivity index (χ0n) is 27.5. The summed E-state index contributed by atoms with van der Waals surface area (Å²) in [6, 6.07) is 56.5. The van der Waals surface area contributed by atoms with Gasteiger partial charge in [-0.15, -0.1) is 0 Å². The van der Waals surface area contributed by atoms with E-state index in [9.17, 15) is 0 Å². The van der Waals surface area contributed by atoms with Gasteiger partial charge in [-0.1, -0.05) is 108 Å². The van der Waals surface area contributed by atoms with Gasteiger partial charge in [0.05, 0.1) is 34.1 Å². The average Bonchev–Trinajstić information content (AvgIpc) is 3.74. The van der Waals surface area contributed by atoms with Crippen LogP contribution in [0, 0.1) is 0 Å². The standard InChI is InChI=1S/C46H26N2O2S2/c1-5-19-39-29(11-1)31-23-45-37(25-41(31)49-39)47(35-15-3-7-21-43(35)51-45)33-17-9-14-28-27(33)13-10-18-34(28)48-36-16-4-8-22-44(36)52-46-24-32-30-12-2-6-20-40(30)50-42(32)26-38(46)48/h1-26H. The minimum absolute atomic E-state index is 0.891. The first kappa shape index (κ1) is 28.6. The Hall–Kier alpha value is -6.08. The van der Waals surface area contributed by atoms with Crippen molar-refractivity contribution in [1.29, 1.82) is 0 Å². The molecule has 0 N–H and O–H groups in total. The lowest BCUT2D eigenvalue weighted by Gasteiger charge is -2.35. The van der Waals surface area contributed by atoms with E-state index >= 15 is 0 Å². The van der Waals surface area contributed by atoms with Crippen LogP contribution in [0.4, 0.5) is 34.1 Å². The van der Waals surface area contributed by atoms with Gasteiger partial charge in [-0.25, -0.2) is 0 Å². The lowest BCUT2D eigenvalue weighted by molar-refractivity contribution is 0.668. The van der Waals surface area contributed by atoms with Gasteiger partial charge in [0.15, 0.2) is 0 Å². The Morgan fingerprint density at radius 3 is 1.19 bits per heavy atom. The minimum Gasteiger partial charge on any atom is -0.456 e. The van der Waals surface area contributed by atoms with Crippen molar-refractivity contribution in [2.75, 3.05) is 9.80 Å². The number of hydrogen-bond donors (Lipinski definition) is 0. The summed E-state index contributed by atoms with van der Waals surface area (Å²) < 4.78 is 12.9. The van der Waals surface area contributed by atoms with Crippen LogP contribution in [-0.4, -0.2) is 0 Å². The molecule has 0 bridgehead atoms. The molecule has 2 aliphatic heterocycles. The molecule has 2 aromatic heterocycles. The molecule has 4 nitrogen and oxygen atoms in total. The van der Waals surface area contributed by atoms with E-state index in [0.717, 1.165) is 78.0 Å². The first-order valence-corrected chi connectivity index (χ1v) is 19.0. The van der Waals surface area contributed by atoms with Crippen molar-refractivity contribution < 1.29 is 8.83 Å². The molecule has 0 saturated heterocycles. The van der Waals surface area contributed by atoms with Crippen molar-refractivity contribution in [3.05, 3.63) is 158 Å². The van der Waals surface area contributed by atoms with E-state index < -0.39 is 0 Å². The van der Waals surface area contributed by atoms with Gasteiger partial charge in [0, 0.05) is 64.0 Å². The van der Waals surface area contributed by atoms with Crippen molar-refractivity contribution in [3.63, 3.8) is 0 Å². The highest BCUT2D eigenvalue weighted by molar-refractivity contribution is 8.00. The number of fused-ring (bicyclic) bond motifs is 11. The number of rotatable bonds is 2. The van der Waals surface area contributed by atoms with Gasteiger partial charge in [-0.2, -0.15) is 0 Å². The lowest BCUT2D eigenvalue weighted by Crippen LogP contribution is -2.16. The molecule has 2 aliphatic rings. The third-order valence-corrected chi connectivity index (χ3v) is 12.6. The molecule has 10 aromatic rings. The van der Waals surface area contributed by atoms with Gasteiger partial charge in [0.25, 0.3) is 0 Å². The molecule has 0 saturated carbocycles. The molecule has 0 unspecified atom stereocenters. The molecule has 4 heterocycles. The van der Waals surface area contributed by atoms with Crippen LogP contribution in [0.5, 0.6) is 0 Å². The maximum Gasteiger partial charge on any atom is 0.137 e. The third kappa shape index (κ3) is 4.02. The van der Waals surface area contributed by atoms with Crippen LogP contribution in [0.25, 0.3) is 54.6 Å². The topological polar surface area (TPSA) is 32.8 Å². The van der Waals surface area contributed by atoms with E-state index in [1.54, 1.807) is 0 Å². The Balaban J connectivity index is 1.10. The zero-order chi connectivity index (χ0) is 33.9. The van der Waals surface area contributed by atoms with Gasteiger partial charge in [-0.05, 0) is 60.7 Å². The molecule has 0 atom stereocenters. The number of hydrogen-bond acceptors (Lipinski definition) is 6. The van der Waals surface area contributed by atoms with Gasteiger partial charge in [0.1, 0.15) is 22.3 Å². The van der Waals surface area contributed by atoms with Crippen LogP contribution in [0.3, 0.4) is 0 Å². The summed E-state index contributed by atoms with van der Waals surface area (Å²) in [5.74, 6) is 0. The van der Waals surface area contributed by atoms with E-state index in [1.807, 2.05) is 35.7 Å². The summed E-state index contributed by atoms with van der Waals surface area (Å²) in [5.41, 5.74) is 10.4. The van der Waals surface area contributed by atoms with Crippen LogP contribution in [0.2, 0.25) is 0 Å². The quantitative estimate of drug-likeness (QED) is 0.178. The number of anilines is 6. The van der Waals surface area contributed by atoms with Crippen LogP contribution in [-0.2, 0) is 0 Å². The fourth-order valence-electron chi connectivity index (χ4n) is 8.13. The lowest BCUT2D eigenvalue weighted by atomic mass is 10.0. The molecule has 0 radical (unpaired) electrons. The van der Waals surface area contributed by atoms with E-state index in [0.29, 0.717) is 0 Å². The minimum atomic E-state index is 0.891. The molecule has 12 rings (SSSR count). The Bertz CT molecular complexity index is 2910. The fourth-order valence-corrected chi connectivity index (χ4v) is 10.3. The van der Waals surface area contributed by atoms with Crippen molar-refractivity contribution in [2.45, 2.75) is 19.6 Å². The van der Waals surface area contributed by atoms with Crippen molar-refractivity contribution >= 4 is 112 Å². The largest absolute Gasteiger partial charge is 0.456 e. The summed E-state index contributed by atoms with van der Waals surface area (Å²) in [7, 11) is 0. The molecule has 0 spiro atoms. The van der Waals surface area contributed by atoms with Gasteiger partial charge < -0.3 is 18.6 Å². The summed E-state index contributed by atoms with van der Waals surface area (Å²) >= 11 is 3.65. The van der Waals surface area contributed by atoms with Crippen LogP contribution in [0.1, 0.15) is 0 Å². The highest BCUT2D eigenvalue weighted by atomic mass is 32.2. The summed E-state index contributed by atoms with van der Waals surface area (Å²) in [6.07, 6.45) is 0. The molecule has 6 heteroatoms. The molecular weight excluding hydrogens is 677 g/mol.